The van der Waals surface area contributed by atoms with E-state index in [1.807, 2.05) is 13.0 Å². The zero-order chi connectivity index (χ0) is 18.4. The molecule has 0 unspecified atom stereocenters. The van der Waals surface area contributed by atoms with Crippen LogP contribution < -0.4 is 5.32 Å². The number of nitrogens with one attached hydrogen (secondary N) is 1. The maximum atomic E-state index is 12.8. The van der Waals surface area contributed by atoms with E-state index in [2.05, 4.69) is 26.2 Å². The molecular weight excluding hydrogens is 399 g/mol. The van der Waals surface area contributed by atoms with Crippen LogP contribution in [-0.2, 0) is 6.18 Å². The van der Waals surface area contributed by atoms with Crippen LogP contribution >= 0.6 is 15.9 Å². The molecule has 2 heterocycles. The lowest BCUT2D eigenvalue weighted by atomic mass is 10.2. The first-order valence-corrected chi connectivity index (χ1v) is 8.09. The Hall–Kier alpha value is -2.35. The largest absolute Gasteiger partial charge is 0.416 e. The van der Waals surface area contributed by atoms with Crippen molar-refractivity contribution >= 4 is 33.2 Å². The minimum Gasteiger partial charge on any atom is -0.321 e. The van der Waals surface area contributed by atoms with Gasteiger partial charge in [-0.15, -0.1) is 0 Å². The van der Waals surface area contributed by atoms with E-state index in [0.29, 0.717) is 11.3 Å². The number of benzene rings is 1. The summed E-state index contributed by atoms with van der Waals surface area (Å²) in [6.45, 7) is 3.54. The predicted molar refractivity (Wildman–Crippen MR) is 91.8 cm³/mol. The second-order valence-corrected chi connectivity index (χ2v) is 6.53. The second-order valence-electron chi connectivity index (χ2n) is 5.61. The summed E-state index contributed by atoms with van der Waals surface area (Å²) < 4.78 is 40.8. The first-order chi connectivity index (χ1) is 11.7. The number of halogens is 4. The van der Waals surface area contributed by atoms with Gasteiger partial charge in [0.1, 0.15) is 11.3 Å². The van der Waals surface area contributed by atoms with Gasteiger partial charge in [-0.3, -0.25) is 9.20 Å². The Morgan fingerprint density at radius 3 is 2.64 bits per heavy atom. The lowest BCUT2D eigenvalue weighted by Gasteiger charge is -2.10. The molecule has 130 valence electrons. The molecule has 4 nitrogen and oxygen atoms in total. The number of amides is 1. The molecule has 3 aromatic rings. The molecule has 0 aliphatic heterocycles. The first-order valence-electron chi connectivity index (χ1n) is 7.30. The van der Waals surface area contributed by atoms with Crippen LogP contribution in [0.15, 0.2) is 41.0 Å². The molecule has 0 fully saturated rings. The fraction of sp³-hybridized carbons (Fsp3) is 0.176. The van der Waals surface area contributed by atoms with Gasteiger partial charge in [0.05, 0.1) is 11.3 Å². The topological polar surface area (TPSA) is 46.4 Å². The van der Waals surface area contributed by atoms with Crippen LogP contribution in [0.25, 0.3) is 5.65 Å². The first kappa shape index (κ1) is 17.5. The van der Waals surface area contributed by atoms with Gasteiger partial charge in [0.2, 0.25) is 0 Å². The van der Waals surface area contributed by atoms with Crippen molar-refractivity contribution in [2.75, 3.05) is 5.32 Å². The second kappa shape index (κ2) is 6.18. The zero-order valence-corrected chi connectivity index (χ0v) is 14.9. The molecule has 1 amide bonds. The third-order valence-corrected chi connectivity index (χ3v) is 4.14. The van der Waals surface area contributed by atoms with Crippen LogP contribution in [0.3, 0.4) is 0 Å². The minimum atomic E-state index is -4.47. The quantitative estimate of drug-likeness (QED) is 0.645. The van der Waals surface area contributed by atoms with Gasteiger partial charge in [-0.05, 0) is 59.6 Å². The molecule has 0 spiro atoms. The number of aryl methyl sites for hydroxylation is 2. The van der Waals surface area contributed by atoms with E-state index in [0.717, 1.165) is 22.2 Å². The molecule has 0 atom stereocenters. The summed E-state index contributed by atoms with van der Waals surface area (Å²) in [5.41, 5.74) is 1.51. The van der Waals surface area contributed by atoms with Gasteiger partial charge < -0.3 is 5.32 Å². The maximum absolute atomic E-state index is 12.8. The number of carbonyl (C=O) groups excluding carboxylic acids is 1. The SMILES string of the molecule is Cc1nc2c(C)cc(Br)cn2c1C(=O)Nc1cccc(C(F)(F)F)c1. The van der Waals surface area contributed by atoms with Crippen molar-refractivity contribution in [2.24, 2.45) is 0 Å². The number of aromatic nitrogens is 2. The van der Waals surface area contributed by atoms with Crippen LogP contribution in [0.4, 0.5) is 18.9 Å². The van der Waals surface area contributed by atoms with E-state index in [4.69, 9.17) is 0 Å². The van der Waals surface area contributed by atoms with Crippen molar-refractivity contribution in [3.05, 3.63) is 63.5 Å². The molecule has 0 saturated carbocycles. The zero-order valence-electron chi connectivity index (χ0n) is 13.3. The van der Waals surface area contributed by atoms with Gasteiger partial charge in [0.15, 0.2) is 0 Å². The van der Waals surface area contributed by atoms with Crippen LogP contribution in [0, 0.1) is 13.8 Å². The summed E-state index contributed by atoms with van der Waals surface area (Å²) in [5, 5.41) is 2.51. The molecular formula is C17H13BrF3N3O. The summed E-state index contributed by atoms with van der Waals surface area (Å²) >= 11 is 3.37. The fourth-order valence-corrected chi connectivity index (χ4v) is 3.17. The van der Waals surface area contributed by atoms with E-state index in [9.17, 15) is 18.0 Å². The molecule has 1 N–H and O–H groups in total. The average molecular weight is 412 g/mol. The average Bonchev–Trinajstić information content (AvgIpc) is 2.83. The highest BCUT2D eigenvalue weighted by atomic mass is 79.9. The normalized spacial score (nSPS) is 11.8. The standard InChI is InChI=1S/C17H13BrF3N3O/c1-9-6-12(18)8-24-14(10(2)22-15(9)24)16(25)23-13-5-3-4-11(7-13)17(19,20)21/h3-8H,1-2H3,(H,23,25). The lowest BCUT2D eigenvalue weighted by Crippen LogP contribution is -2.16. The van der Waals surface area contributed by atoms with Gasteiger partial charge in [0.25, 0.3) is 5.91 Å². The monoisotopic (exact) mass is 411 g/mol. The smallest absolute Gasteiger partial charge is 0.321 e. The molecule has 0 saturated heterocycles. The summed E-state index contributed by atoms with van der Waals surface area (Å²) in [7, 11) is 0. The van der Waals surface area contributed by atoms with Crippen LogP contribution in [0.1, 0.15) is 27.3 Å². The Morgan fingerprint density at radius 1 is 1.24 bits per heavy atom. The van der Waals surface area contributed by atoms with Gasteiger partial charge in [-0.2, -0.15) is 13.2 Å². The summed E-state index contributed by atoms with van der Waals surface area (Å²) in [4.78, 5) is 17.0. The number of nitrogens with zero attached hydrogens (tertiary/aromatic N) is 2. The van der Waals surface area contributed by atoms with Crippen molar-refractivity contribution in [1.29, 1.82) is 0 Å². The summed E-state index contributed by atoms with van der Waals surface area (Å²) in [6, 6.07) is 6.39. The number of pyridine rings is 1. The van der Waals surface area contributed by atoms with E-state index in [1.54, 1.807) is 17.5 Å². The summed E-state index contributed by atoms with van der Waals surface area (Å²) in [6.07, 6.45) is -2.77. The highest BCUT2D eigenvalue weighted by molar-refractivity contribution is 9.10. The number of imidazole rings is 1. The van der Waals surface area contributed by atoms with Crippen molar-refractivity contribution in [2.45, 2.75) is 20.0 Å². The number of rotatable bonds is 2. The van der Waals surface area contributed by atoms with Crippen molar-refractivity contribution in [1.82, 2.24) is 9.38 Å². The third-order valence-electron chi connectivity index (χ3n) is 3.71. The lowest BCUT2D eigenvalue weighted by molar-refractivity contribution is -0.137. The predicted octanol–water partition coefficient (Wildman–Crippen LogP) is 4.98. The van der Waals surface area contributed by atoms with E-state index in [1.165, 1.54) is 12.1 Å². The minimum absolute atomic E-state index is 0.0703. The maximum Gasteiger partial charge on any atom is 0.416 e. The number of anilines is 1. The third kappa shape index (κ3) is 3.39. The van der Waals surface area contributed by atoms with Crippen LogP contribution in [-0.4, -0.2) is 15.3 Å². The van der Waals surface area contributed by atoms with Gasteiger partial charge in [-0.1, -0.05) is 6.07 Å². The van der Waals surface area contributed by atoms with Gasteiger partial charge in [-0.25, -0.2) is 4.98 Å². The van der Waals surface area contributed by atoms with Crippen LogP contribution in [0.2, 0.25) is 0 Å². The Balaban J connectivity index is 2.00. The van der Waals surface area contributed by atoms with Gasteiger partial charge in [0, 0.05) is 16.4 Å². The van der Waals surface area contributed by atoms with Crippen LogP contribution in [0.5, 0.6) is 0 Å². The molecule has 1 aromatic carbocycles. The van der Waals surface area contributed by atoms with Crippen molar-refractivity contribution < 1.29 is 18.0 Å². The van der Waals surface area contributed by atoms with E-state index >= 15 is 0 Å². The molecule has 2 aromatic heterocycles. The molecule has 0 radical (unpaired) electrons. The molecule has 3 rings (SSSR count). The number of fused-ring (bicyclic) bond motifs is 1. The highest BCUT2D eigenvalue weighted by Gasteiger charge is 2.30. The van der Waals surface area contributed by atoms with E-state index < -0.39 is 17.6 Å². The molecule has 25 heavy (non-hydrogen) atoms. The number of carbonyl (C=O) groups is 1. The molecule has 8 heteroatoms. The fourth-order valence-electron chi connectivity index (χ4n) is 2.62. The summed E-state index contributed by atoms with van der Waals surface area (Å²) in [5.74, 6) is -0.526. The molecule has 0 aliphatic rings. The highest BCUT2D eigenvalue weighted by Crippen LogP contribution is 2.31. The molecule has 0 aliphatic carbocycles. The number of hydrogen-bond acceptors (Lipinski definition) is 2. The number of hydrogen-bond donors (Lipinski definition) is 1. The number of alkyl halides is 3. The van der Waals surface area contributed by atoms with Gasteiger partial charge >= 0.3 is 6.18 Å². The van der Waals surface area contributed by atoms with Crippen molar-refractivity contribution in [3.8, 4) is 0 Å². The van der Waals surface area contributed by atoms with Crippen molar-refractivity contribution in [3.63, 3.8) is 0 Å². The van der Waals surface area contributed by atoms with E-state index in [-0.39, 0.29) is 11.4 Å². The Labute approximate surface area is 149 Å². The Bertz CT molecular complexity index is 979. The Kier molecular flexibility index (Phi) is 4.32. The molecule has 0 bridgehead atoms. The Morgan fingerprint density at radius 2 is 1.96 bits per heavy atom.